The largest absolute Gasteiger partial charge is 0.507 e. The summed E-state index contributed by atoms with van der Waals surface area (Å²) in [7, 11) is 0. The number of nitrogens with two attached hydrogens (primary N) is 1. The van der Waals surface area contributed by atoms with Gasteiger partial charge in [0.15, 0.2) is 0 Å². The Morgan fingerprint density at radius 2 is 2.06 bits per heavy atom. The van der Waals surface area contributed by atoms with Crippen LogP contribution in [0, 0.1) is 6.92 Å². The van der Waals surface area contributed by atoms with Crippen LogP contribution in [0.25, 0.3) is 0 Å². The van der Waals surface area contributed by atoms with Gasteiger partial charge in [0.1, 0.15) is 5.75 Å². The summed E-state index contributed by atoms with van der Waals surface area (Å²) in [5.74, 6) is -0.00882. The highest BCUT2D eigenvalue weighted by Gasteiger charge is 2.23. The second-order valence-corrected chi connectivity index (χ2v) is 4.60. The first kappa shape index (κ1) is 11.9. The average Bonchev–Trinajstić information content (AvgIpc) is 2.33. The number of likely N-dealkylation sites (tertiary alicyclic amines) is 1. The van der Waals surface area contributed by atoms with E-state index in [1.165, 1.54) is 0 Å². The highest BCUT2D eigenvalue weighted by atomic mass is 16.3. The van der Waals surface area contributed by atoms with E-state index in [-0.39, 0.29) is 17.7 Å². The van der Waals surface area contributed by atoms with Crippen LogP contribution < -0.4 is 5.73 Å². The molecule has 17 heavy (non-hydrogen) atoms. The third-order valence-electron chi connectivity index (χ3n) is 3.29. The van der Waals surface area contributed by atoms with Gasteiger partial charge in [-0.1, -0.05) is 12.1 Å². The Balaban J connectivity index is 2.17. The number of phenols is 1. The molecule has 0 saturated carbocycles. The molecule has 0 radical (unpaired) electrons. The molecule has 1 fully saturated rings. The summed E-state index contributed by atoms with van der Waals surface area (Å²) in [6, 6.07) is 5.44. The maximum atomic E-state index is 12.2. The Morgan fingerprint density at radius 1 is 1.41 bits per heavy atom. The van der Waals surface area contributed by atoms with Gasteiger partial charge >= 0.3 is 0 Å². The van der Waals surface area contributed by atoms with E-state index in [1.807, 2.05) is 0 Å². The number of piperidine rings is 1. The van der Waals surface area contributed by atoms with Crippen LogP contribution in [0.5, 0.6) is 5.75 Å². The lowest BCUT2D eigenvalue weighted by atomic mass is 10.0. The average molecular weight is 234 g/mol. The highest BCUT2D eigenvalue weighted by molar-refractivity contribution is 5.97. The molecule has 4 nitrogen and oxygen atoms in total. The van der Waals surface area contributed by atoms with Gasteiger partial charge in [0.05, 0.1) is 5.56 Å². The fourth-order valence-electron chi connectivity index (χ4n) is 2.10. The maximum Gasteiger partial charge on any atom is 0.257 e. The lowest BCUT2D eigenvalue weighted by Gasteiger charge is -2.30. The smallest absolute Gasteiger partial charge is 0.257 e. The Bertz CT molecular complexity index is 423. The number of rotatable bonds is 1. The molecule has 1 heterocycles. The van der Waals surface area contributed by atoms with Gasteiger partial charge in [-0.2, -0.15) is 0 Å². The third-order valence-corrected chi connectivity index (χ3v) is 3.29. The summed E-state index contributed by atoms with van der Waals surface area (Å²) in [6.07, 6.45) is 1.66. The second-order valence-electron chi connectivity index (χ2n) is 4.60. The quantitative estimate of drug-likeness (QED) is 0.769. The van der Waals surface area contributed by atoms with Crippen LogP contribution in [0.1, 0.15) is 28.8 Å². The molecule has 4 heteroatoms. The summed E-state index contributed by atoms with van der Waals surface area (Å²) < 4.78 is 0. The van der Waals surface area contributed by atoms with Crippen molar-refractivity contribution in [1.82, 2.24) is 4.90 Å². The topological polar surface area (TPSA) is 66.6 Å². The van der Waals surface area contributed by atoms with Crippen LogP contribution in [0.3, 0.4) is 0 Å². The molecule has 92 valence electrons. The van der Waals surface area contributed by atoms with Crippen molar-refractivity contribution in [2.75, 3.05) is 13.1 Å². The molecule has 1 aromatic carbocycles. The summed E-state index contributed by atoms with van der Waals surface area (Å²) >= 11 is 0. The summed E-state index contributed by atoms with van der Waals surface area (Å²) in [5, 5.41) is 9.88. The molecule has 0 aliphatic carbocycles. The minimum atomic E-state index is -0.0990. The van der Waals surface area contributed by atoms with E-state index in [1.54, 1.807) is 30.0 Å². The Hall–Kier alpha value is -1.55. The SMILES string of the molecule is Cc1cccc(C(=O)N2CCC(N)CC2)c1O. The van der Waals surface area contributed by atoms with Crippen molar-refractivity contribution in [3.05, 3.63) is 29.3 Å². The molecule has 0 aromatic heterocycles. The predicted octanol–water partition coefficient (Wildman–Crippen LogP) is 1.26. The minimum Gasteiger partial charge on any atom is -0.507 e. The van der Waals surface area contributed by atoms with Crippen LogP contribution in [-0.4, -0.2) is 35.0 Å². The number of amides is 1. The summed E-state index contributed by atoms with van der Waals surface area (Å²) in [6.45, 7) is 3.14. The van der Waals surface area contributed by atoms with Crippen molar-refractivity contribution in [2.24, 2.45) is 5.73 Å². The van der Waals surface area contributed by atoms with Crippen LogP contribution in [-0.2, 0) is 0 Å². The first-order valence-corrected chi connectivity index (χ1v) is 5.93. The molecule has 1 amide bonds. The Labute approximate surface area is 101 Å². The summed E-state index contributed by atoms with van der Waals surface area (Å²) in [4.78, 5) is 14.0. The normalized spacial score (nSPS) is 17.2. The second kappa shape index (κ2) is 4.75. The number of aromatic hydroxyl groups is 1. The van der Waals surface area contributed by atoms with Crippen LogP contribution in [0.2, 0.25) is 0 Å². The molecule has 1 aromatic rings. The van der Waals surface area contributed by atoms with E-state index in [2.05, 4.69) is 0 Å². The standard InChI is InChI=1S/C13H18N2O2/c1-9-3-2-4-11(12(9)16)13(17)15-7-5-10(14)6-8-15/h2-4,10,16H,5-8,14H2,1H3. The van der Waals surface area contributed by atoms with Gasteiger partial charge in [-0.15, -0.1) is 0 Å². The van der Waals surface area contributed by atoms with E-state index in [0.29, 0.717) is 18.7 Å². The molecule has 2 rings (SSSR count). The van der Waals surface area contributed by atoms with Gasteiger partial charge in [0, 0.05) is 19.1 Å². The number of carbonyl (C=O) groups is 1. The maximum absolute atomic E-state index is 12.2. The van der Waals surface area contributed by atoms with Crippen LogP contribution in [0.15, 0.2) is 18.2 Å². The summed E-state index contributed by atoms with van der Waals surface area (Å²) in [5.41, 5.74) is 6.92. The Kier molecular flexibility index (Phi) is 3.33. The lowest BCUT2D eigenvalue weighted by Crippen LogP contribution is -2.42. The first-order chi connectivity index (χ1) is 8.09. The number of hydrogen-bond acceptors (Lipinski definition) is 3. The van der Waals surface area contributed by atoms with E-state index < -0.39 is 0 Å². The van der Waals surface area contributed by atoms with Gasteiger partial charge in [0.25, 0.3) is 5.91 Å². The predicted molar refractivity (Wildman–Crippen MR) is 66.0 cm³/mol. The number of aryl methyl sites for hydroxylation is 1. The van der Waals surface area contributed by atoms with Crippen molar-refractivity contribution < 1.29 is 9.90 Å². The van der Waals surface area contributed by atoms with Crippen molar-refractivity contribution in [3.63, 3.8) is 0 Å². The zero-order chi connectivity index (χ0) is 12.4. The molecular formula is C13H18N2O2. The monoisotopic (exact) mass is 234 g/mol. The van der Waals surface area contributed by atoms with Crippen molar-refractivity contribution in [2.45, 2.75) is 25.8 Å². The van der Waals surface area contributed by atoms with Gasteiger partial charge in [-0.25, -0.2) is 0 Å². The number of benzene rings is 1. The number of para-hydroxylation sites is 1. The molecular weight excluding hydrogens is 216 g/mol. The van der Waals surface area contributed by atoms with E-state index in [9.17, 15) is 9.90 Å². The van der Waals surface area contributed by atoms with Gasteiger partial charge in [-0.3, -0.25) is 4.79 Å². The molecule has 0 atom stereocenters. The van der Waals surface area contributed by atoms with Gasteiger partial charge in [-0.05, 0) is 31.4 Å². The van der Waals surface area contributed by atoms with E-state index >= 15 is 0 Å². The van der Waals surface area contributed by atoms with Crippen molar-refractivity contribution in [3.8, 4) is 5.75 Å². The minimum absolute atomic E-state index is 0.0902. The first-order valence-electron chi connectivity index (χ1n) is 5.93. The number of phenolic OH excluding ortho intramolecular Hbond substituents is 1. The number of hydrogen-bond donors (Lipinski definition) is 2. The molecule has 0 bridgehead atoms. The number of nitrogens with zero attached hydrogens (tertiary/aromatic N) is 1. The van der Waals surface area contributed by atoms with Crippen LogP contribution in [0.4, 0.5) is 0 Å². The van der Waals surface area contributed by atoms with E-state index in [4.69, 9.17) is 5.73 Å². The molecule has 1 saturated heterocycles. The fraction of sp³-hybridized carbons (Fsp3) is 0.462. The van der Waals surface area contributed by atoms with Crippen molar-refractivity contribution in [1.29, 1.82) is 0 Å². The zero-order valence-electron chi connectivity index (χ0n) is 10.0. The highest BCUT2D eigenvalue weighted by Crippen LogP contribution is 2.24. The molecule has 1 aliphatic heterocycles. The fourth-order valence-corrected chi connectivity index (χ4v) is 2.10. The molecule has 0 spiro atoms. The number of carbonyl (C=O) groups excluding carboxylic acids is 1. The molecule has 0 unspecified atom stereocenters. The molecule has 3 N–H and O–H groups in total. The molecule has 1 aliphatic rings. The van der Waals surface area contributed by atoms with Gasteiger partial charge in [0.2, 0.25) is 0 Å². The van der Waals surface area contributed by atoms with E-state index in [0.717, 1.165) is 18.4 Å². The van der Waals surface area contributed by atoms with Gasteiger partial charge < -0.3 is 15.7 Å². The van der Waals surface area contributed by atoms with Crippen LogP contribution >= 0.6 is 0 Å². The van der Waals surface area contributed by atoms with Crippen molar-refractivity contribution >= 4 is 5.91 Å². The third kappa shape index (κ3) is 2.42. The Morgan fingerprint density at radius 3 is 2.71 bits per heavy atom. The zero-order valence-corrected chi connectivity index (χ0v) is 10.0. The lowest BCUT2D eigenvalue weighted by molar-refractivity contribution is 0.0711.